The molecule has 29 heavy (non-hydrogen) atoms. The third-order valence-corrected chi connectivity index (χ3v) is 5.63. The third kappa shape index (κ3) is 4.38. The molecule has 0 saturated carbocycles. The fraction of sp³-hybridized carbons (Fsp3) is 0.316. The quantitative estimate of drug-likeness (QED) is 0.654. The normalized spacial score (nSPS) is 20.7. The van der Waals surface area contributed by atoms with Crippen molar-refractivity contribution < 1.29 is 18.7 Å². The lowest BCUT2D eigenvalue weighted by atomic mass is 10.1. The predicted octanol–water partition coefficient (Wildman–Crippen LogP) is 1.36. The lowest BCUT2D eigenvalue weighted by molar-refractivity contribution is -0.125. The van der Waals surface area contributed by atoms with E-state index in [4.69, 9.17) is 9.15 Å². The zero-order valence-corrected chi connectivity index (χ0v) is 16.6. The minimum Gasteiger partial charge on any atom is -0.497 e. The van der Waals surface area contributed by atoms with Crippen molar-refractivity contribution in [2.45, 2.75) is 25.0 Å². The minimum absolute atomic E-state index is 0.119. The Balaban J connectivity index is 1.31. The molecule has 2 unspecified atom stereocenters. The van der Waals surface area contributed by atoms with E-state index in [0.717, 1.165) is 17.1 Å². The molecule has 10 heteroatoms. The summed E-state index contributed by atoms with van der Waals surface area (Å²) in [6.07, 6.45) is 2.16. The first-order valence-electron chi connectivity index (χ1n) is 9.13. The van der Waals surface area contributed by atoms with Crippen LogP contribution in [0.3, 0.4) is 0 Å². The number of amides is 2. The van der Waals surface area contributed by atoms with Crippen LogP contribution in [0.15, 0.2) is 52.2 Å². The Morgan fingerprint density at radius 3 is 3.10 bits per heavy atom. The molecule has 2 aliphatic heterocycles. The topological polar surface area (TPSA) is 108 Å². The zero-order chi connectivity index (χ0) is 20.2. The maximum Gasteiger partial charge on any atom is 0.264 e. The summed E-state index contributed by atoms with van der Waals surface area (Å²) in [4.78, 5) is 24.4. The minimum atomic E-state index is -0.398. The van der Waals surface area contributed by atoms with Crippen LogP contribution >= 0.6 is 11.8 Å². The highest BCUT2D eigenvalue weighted by Gasteiger charge is 2.42. The van der Waals surface area contributed by atoms with Gasteiger partial charge in [-0.15, -0.1) is 5.10 Å². The number of hydrazine groups is 1. The molecule has 2 aliphatic rings. The molecule has 2 aromatic rings. The van der Waals surface area contributed by atoms with Crippen LogP contribution in [0.25, 0.3) is 0 Å². The lowest BCUT2D eigenvalue weighted by Crippen LogP contribution is -2.52. The van der Waals surface area contributed by atoms with Crippen LogP contribution in [-0.4, -0.2) is 40.9 Å². The molecule has 1 aromatic carbocycles. The first-order chi connectivity index (χ1) is 14.1. The van der Waals surface area contributed by atoms with E-state index in [-0.39, 0.29) is 23.6 Å². The van der Waals surface area contributed by atoms with Crippen LogP contribution in [0.5, 0.6) is 5.75 Å². The number of hydrogen-bond donors (Lipinski definition) is 3. The van der Waals surface area contributed by atoms with Gasteiger partial charge in [0.1, 0.15) is 17.6 Å². The fourth-order valence-corrected chi connectivity index (χ4v) is 4.01. The van der Waals surface area contributed by atoms with Crippen molar-refractivity contribution in [2.24, 2.45) is 5.10 Å². The molecule has 0 bridgehead atoms. The second kappa shape index (κ2) is 8.58. The maximum absolute atomic E-state index is 12.3. The van der Waals surface area contributed by atoms with E-state index in [2.05, 4.69) is 21.3 Å². The van der Waals surface area contributed by atoms with E-state index >= 15 is 0 Å². The number of hydrogen-bond acceptors (Lipinski definition) is 8. The first kappa shape index (κ1) is 19.3. The van der Waals surface area contributed by atoms with Gasteiger partial charge >= 0.3 is 0 Å². The van der Waals surface area contributed by atoms with Gasteiger partial charge in [-0.3, -0.25) is 14.6 Å². The maximum atomic E-state index is 12.3. The highest BCUT2D eigenvalue weighted by molar-refractivity contribution is 8.14. The number of fused-ring (bicyclic) bond motifs is 1. The number of benzene rings is 1. The summed E-state index contributed by atoms with van der Waals surface area (Å²) in [7, 11) is 1.61. The monoisotopic (exact) mass is 415 g/mol. The molecule has 0 spiro atoms. The molecular weight excluding hydrogens is 394 g/mol. The van der Waals surface area contributed by atoms with E-state index in [1.54, 1.807) is 18.4 Å². The van der Waals surface area contributed by atoms with Crippen molar-refractivity contribution in [2.75, 3.05) is 12.9 Å². The Labute approximate surface area is 171 Å². The number of thioether (sulfide) groups is 1. The van der Waals surface area contributed by atoms with E-state index < -0.39 is 6.04 Å². The standard InChI is InChI=1S/C19H21N5O4S/c1-27-13-5-2-4-12(8-13)10-20-17(25)11-29-19-22-21-18(26)15-9-14(23-24(15)19)16-6-3-7-28-16/h2-8,14-15,23H,9-11H2,1H3,(H,20,25)(H,21,26). The van der Waals surface area contributed by atoms with Crippen molar-refractivity contribution in [1.29, 1.82) is 0 Å². The molecule has 0 aliphatic carbocycles. The van der Waals surface area contributed by atoms with Crippen LogP contribution in [0.1, 0.15) is 23.8 Å². The molecule has 3 N–H and O–H groups in total. The Kier molecular flexibility index (Phi) is 5.72. The van der Waals surface area contributed by atoms with Crippen molar-refractivity contribution in [3.8, 4) is 5.75 Å². The van der Waals surface area contributed by atoms with E-state index in [0.29, 0.717) is 18.1 Å². The van der Waals surface area contributed by atoms with Crippen molar-refractivity contribution in [3.63, 3.8) is 0 Å². The summed E-state index contributed by atoms with van der Waals surface area (Å²) in [5.74, 6) is 1.37. The Bertz CT molecular complexity index is 917. The number of nitrogens with zero attached hydrogens (tertiary/aromatic N) is 2. The number of nitrogens with one attached hydrogen (secondary N) is 3. The smallest absolute Gasteiger partial charge is 0.264 e. The largest absolute Gasteiger partial charge is 0.497 e. The van der Waals surface area contributed by atoms with Gasteiger partial charge in [-0.1, -0.05) is 23.9 Å². The van der Waals surface area contributed by atoms with Gasteiger partial charge in [0, 0.05) is 13.0 Å². The molecule has 1 fully saturated rings. The predicted molar refractivity (Wildman–Crippen MR) is 108 cm³/mol. The summed E-state index contributed by atoms with van der Waals surface area (Å²) in [5, 5.41) is 9.23. The number of carbonyl (C=O) groups excluding carboxylic acids is 2. The summed E-state index contributed by atoms with van der Waals surface area (Å²) < 4.78 is 10.6. The number of amidine groups is 1. The summed E-state index contributed by atoms with van der Waals surface area (Å²) in [5.41, 5.74) is 6.74. The van der Waals surface area contributed by atoms with Gasteiger partial charge in [0.2, 0.25) is 5.91 Å². The first-order valence-corrected chi connectivity index (χ1v) is 10.1. The second-order valence-corrected chi connectivity index (χ2v) is 7.55. The van der Waals surface area contributed by atoms with Crippen LogP contribution in [0, 0.1) is 0 Å². The molecule has 2 atom stereocenters. The molecule has 152 valence electrons. The number of carbonyl (C=O) groups is 2. The average Bonchev–Trinajstić information content (AvgIpc) is 3.42. The van der Waals surface area contributed by atoms with E-state index in [1.807, 2.05) is 36.4 Å². The Morgan fingerprint density at radius 1 is 1.41 bits per heavy atom. The average molecular weight is 415 g/mol. The Morgan fingerprint density at radius 2 is 2.31 bits per heavy atom. The second-order valence-electron chi connectivity index (χ2n) is 6.61. The van der Waals surface area contributed by atoms with Crippen LogP contribution in [0.2, 0.25) is 0 Å². The molecule has 9 nitrogen and oxygen atoms in total. The van der Waals surface area contributed by atoms with Gasteiger partial charge in [-0.2, -0.15) is 0 Å². The molecule has 0 radical (unpaired) electrons. The molecule has 1 saturated heterocycles. The van der Waals surface area contributed by atoms with E-state index in [9.17, 15) is 9.59 Å². The highest BCUT2D eigenvalue weighted by atomic mass is 32.2. The van der Waals surface area contributed by atoms with E-state index in [1.165, 1.54) is 11.8 Å². The summed E-state index contributed by atoms with van der Waals surface area (Å²) in [6.45, 7) is 0.408. The van der Waals surface area contributed by atoms with Gasteiger partial charge < -0.3 is 14.5 Å². The van der Waals surface area contributed by atoms with Crippen LogP contribution in [0.4, 0.5) is 0 Å². The van der Waals surface area contributed by atoms with Crippen LogP contribution < -0.4 is 20.9 Å². The molecule has 4 rings (SSSR count). The highest BCUT2D eigenvalue weighted by Crippen LogP contribution is 2.31. The zero-order valence-electron chi connectivity index (χ0n) is 15.8. The lowest BCUT2D eigenvalue weighted by Gasteiger charge is -2.29. The molecular formula is C19H21N5O4S. The van der Waals surface area contributed by atoms with Crippen molar-refractivity contribution >= 4 is 28.7 Å². The number of furan rings is 1. The number of hydrazone groups is 1. The SMILES string of the molecule is COc1cccc(CNC(=O)CSC2=NNC(=O)C3CC(c4ccco4)NN23)c1. The van der Waals surface area contributed by atoms with Gasteiger partial charge in [0.25, 0.3) is 5.91 Å². The van der Waals surface area contributed by atoms with Crippen molar-refractivity contribution in [3.05, 3.63) is 54.0 Å². The number of rotatable bonds is 6. The van der Waals surface area contributed by atoms with Gasteiger partial charge in [0.05, 0.1) is 25.2 Å². The molecule has 3 heterocycles. The van der Waals surface area contributed by atoms with Gasteiger partial charge in [-0.25, -0.2) is 10.9 Å². The summed E-state index contributed by atoms with van der Waals surface area (Å²) >= 11 is 1.26. The molecule has 1 aromatic heterocycles. The number of methoxy groups -OCH3 is 1. The van der Waals surface area contributed by atoms with Gasteiger partial charge in [-0.05, 0) is 29.8 Å². The van der Waals surface area contributed by atoms with Crippen molar-refractivity contribution in [1.82, 2.24) is 21.2 Å². The van der Waals surface area contributed by atoms with Gasteiger partial charge in [0.15, 0.2) is 5.17 Å². The number of ether oxygens (including phenoxy) is 1. The third-order valence-electron chi connectivity index (χ3n) is 4.68. The Hall–Kier alpha value is -2.98. The van der Waals surface area contributed by atoms with Crippen LogP contribution in [-0.2, 0) is 16.1 Å². The fourth-order valence-electron chi connectivity index (χ4n) is 3.22. The summed E-state index contributed by atoms with van der Waals surface area (Å²) in [6, 6.07) is 10.7. The molecule has 2 amide bonds.